The van der Waals surface area contributed by atoms with Crippen LogP contribution in [0.1, 0.15) is 17.3 Å². The van der Waals surface area contributed by atoms with E-state index in [1.165, 1.54) is 12.1 Å². The maximum Gasteiger partial charge on any atom is 0.339 e. The maximum absolute atomic E-state index is 12.2. The molecule has 0 radical (unpaired) electrons. The van der Waals surface area contributed by atoms with Crippen molar-refractivity contribution in [3.8, 4) is 0 Å². The topological polar surface area (TPSA) is 72.5 Å². The summed E-state index contributed by atoms with van der Waals surface area (Å²) in [4.78, 5) is 24.5. The SMILES string of the molecule is CC[S@@](=O)c1ccccc1C(=O)OCC(=O)Nc1ccc(Cl)cc1Cl. The fourth-order valence-corrected chi connectivity index (χ4v) is 3.37. The largest absolute Gasteiger partial charge is 0.452 e. The number of ether oxygens (including phenoxy) is 1. The minimum atomic E-state index is -1.30. The average Bonchev–Trinajstić information content (AvgIpc) is 2.61. The van der Waals surface area contributed by atoms with Gasteiger partial charge in [-0.05, 0) is 30.3 Å². The molecule has 0 spiro atoms. The Morgan fingerprint density at radius 1 is 1.16 bits per heavy atom. The first kappa shape index (κ1) is 19.4. The maximum atomic E-state index is 12.2. The summed E-state index contributed by atoms with van der Waals surface area (Å²) < 4.78 is 17.0. The fourth-order valence-electron chi connectivity index (χ4n) is 1.98. The van der Waals surface area contributed by atoms with E-state index in [-0.39, 0.29) is 10.6 Å². The highest BCUT2D eigenvalue weighted by molar-refractivity contribution is 7.85. The van der Waals surface area contributed by atoms with Crippen LogP contribution in [0.15, 0.2) is 47.4 Å². The molecule has 0 saturated heterocycles. The predicted molar refractivity (Wildman–Crippen MR) is 98.8 cm³/mol. The molecular formula is C17H15Cl2NO4S. The van der Waals surface area contributed by atoms with Gasteiger partial charge in [-0.3, -0.25) is 9.00 Å². The molecule has 0 fully saturated rings. The Balaban J connectivity index is 2.00. The second-order valence-corrected chi connectivity index (χ2v) is 7.43. The van der Waals surface area contributed by atoms with E-state index in [9.17, 15) is 13.8 Å². The standard InChI is InChI=1S/C17H15Cl2NO4S/c1-2-25(23)15-6-4-3-5-12(15)17(22)24-10-16(21)20-14-8-7-11(18)9-13(14)19/h3-9H,2,10H2,1H3,(H,20,21)/t25-/m1/s1. The van der Waals surface area contributed by atoms with E-state index in [1.807, 2.05) is 0 Å². The summed E-state index contributed by atoms with van der Waals surface area (Å²) in [6.07, 6.45) is 0. The second-order valence-electron chi connectivity index (χ2n) is 4.88. The van der Waals surface area contributed by atoms with Crippen molar-refractivity contribution in [2.24, 2.45) is 0 Å². The summed E-state index contributed by atoms with van der Waals surface area (Å²) in [6.45, 7) is 1.26. The Labute approximate surface area is 157 Å². The van der Waals surface area contributed by atoms with Gasteiger partial charge in [0.1, 0.15) is 0 Å². The van der Waals surface area contributed by atoms with Crippen LogP contribution in [0.3, 0.4) is 0 Å². The molecule has 0 bridgehead atoms. The molecule has 0 unspecified atom stereocenters. The van der Waals surface area contributed by atoms with Crippen LogP contribution in [0.5, 0.6) is 0 Å². The van der Waals surface area contributed by atoms with Crippen LogP contribution in [0, 0.1) is 0 Å². The summed E-state index contributed by atoms with van der Waals surface area (Å²) in [6, 6.07) is 11.1. The molecule has 25 heavy (non-hydrogen) atoms. The highest BCUT2D eigenvalue weighted by atomic mass is 35.5. The molecule has 0 aliphatic rings. The summed E-state index contributed by atoms with van der Waals surface area (Å²) in [5, 5.41) is 3.24. The summed E-state index contributed by atoms with van der Waals surface area (Å²) in [5.41, 5.74) is 0.541. The van der Waals surface area contributed by atoms with Gasteiger partial charge in [0.2, 0.25) is 0 Å². The van der Waals surface area contributed by atoms with Gasteiger partial charge >= 0.3 is 5.97 Å². The van der Waals surface area contributed by atoms with Crippen LogP contribution in [0.25, 0.3) is 0 Å². The van der Waals surface area contributed by atoms with Crippen LogP contribution >= 0.6 is 23.2 Å². The number of halogens is 2. The van der Waals surface area contributed by atoms with E-state index in [4.69, 9.17) is 27.9 Å². The lowest BCUT2D eigenvalue weighted by molar-refractivity contribution is -0.119. The van der Waals surface area contributed by atoms with Crippen molar-refractivity contribution in [1.82, 2.24) is 0 Å². The number of esters is 1. The minimum Gasteiger partial charge on any atom is -0.452 e. The fraction of sp³-hybridized carbons (Fsp3) is 0.176. The van der Waals surface area contributed by atoms with Gasteiger partial charge in [0, 0.05) is 10.8 Å². The highest BCUT2D eigenvalue weighted by Gasteiger charge is 2.17. The first-order valence-corrected chi connectivity index (χ1v) is 9.39. The quantitative estimate of drug-likeness (QED) is 0.747. The van der Waals surface area contributed by atoms with Gasteiger partial charge in [-0.2, -0.15) is 0 Å². The van der Waals surface area contributed by atoms with Gasteiger partial charge < -0.3 is 10.1 Å². The third-order valence-electron chi connectivity index (χ3n) is 3.15. The van der Waals surface area contributed by atoms with Crippen molar-refractivity contribution < 1.29 is 18.5 Å². The highest BCUT2D eigenvalue weighted by Crippen LogP contribution is 2.25. The number of nitrogens with one attached hydrogen (secondary N) is 1. The molecular weight excluding hydrogens is 385 g/mol. The number of hydrogen-bond acceptors (Lipinski definition) is 4. The van der Waals surface area contributed by atoms with Crippen molar-refractivity contribution in [3.05, 3.63) is 58.1 Å². The van der Waals surface area contributed by atoms with Crippen molar-refractivity contribution in [2.75, 3.05) is 17.7 Å². The number of amides is 1. The normalized spacial score (nSPS) is 11.6. The number of rotatable bonds is 6. The molecule has 2 aromatic rings. The molecule has 132 valence electrons. The van der Waals surface area contributed by atoms with Gasteiger partial charge in [-0.25, -0.2) is 4.79 Å². The Bertz CT molecular complexity index is 826. The summed E-state index contributed by atoms with van der Waals surface area (Å²) in [5.74, 6) is -0.888. The lowest BCUT2D eigenvalue weighted by atomic mass is 10.2. The third-order valence-corrected chi connectivity index (χ3v) is 5.07. The number of hydrogen-bond donors (Lipinski definition) is 1. The Hall–Kier alpha value is -1.89. The van der Waals surface area contributed by atoms with E-state index in [1.54, 1.807) is 37.3 Å². The molecule has 8 heteroatoms. The zero-order valence-electron chi connectivity index (χ0n) is 13.3. The van der Waals surface area contributed by atoms with Crippen LogP contribution in [0.4, 0.5) is 5.69 Å². The van der Waals surface area contributed by atoms with E-state index in [2.05, 4.69) is 5.32 Å². The van der Waals surface area contributed by atoms with Gasteiger partial charge in [0.25, 0.3) is 5.91 Å². The van der Waals surface area contributed by atoms with E-state index >= 15 is 0 Å². The lowest BCUT2D eigenvalue weighted by Crippen LogP contribution is -2.21. The first-order chi connectivity index (χ1) is 11.9. The molecule has 2 rings (SSSR count). The molecule has 0 aromatic heterocycles. The smallest absolute Gasteiger partial charge is 0.339 e. The molecule has 2 aromatic carbocycles. The number of benzene rings is 2. The number of carbonyl (C=O) groups is 2. The van der Waals surface area contributed by atoms with E-state index in [0.717, 1.165) is 0 Å². The summed E-state index contributed by atoms with van der Waals surface area (Å²) >= 11 is 11.7. The molecule has 1 N–H and O–H groups in total. The minimum absolute atomic E-state index is 0.181. The van der Waals surface area contributed by atoms with Gasteiger partial charge in [-0.15, -0.1) is 0 Å². The Kier molecular flexibility index (Phi) is 6.99. The van der Waals surface area contributed by atoms with Crippen LogP contribution < -0.4 is 5.32 Å². The van der Waals surface area contributed by atoms with Crippen molar-refractivity contribution in [3.63, 3.8) is 0 Å². The van der Waals surface area contributed by atoms with Gasteiger partial charge in [-0.1, -0.05) is 42.3 Å². The number of anilines is 1. The molecule has 1 amide bonds. The van der Waals surface area contributed by atoms with Crippen LogP contribution in [0.2, 0.25) is 10.0 Å². The molecule has 1 atom stereocenters. The van der Waals surface area contributed by atoms with Crippen LogP contribution in [-0.2, 0) is 20.3 Å². The molecule has 0 aliphatic carbocycles. The zero-order chi connectivity index (χ0) is 18.4. The summed E-state index contributed by atoms with van der Waals surface area (Å²) in [7, 11) is -1.30. The lowest BCUT2D eigenvalue weighted by Gasteiger charge is -2.10. The Morgan fingerprint density at radius 3 is 2.56 bits per heavy atom. The van der Waals surface area contributed by atoms with Crippen LogP contribution in [-0.4, -0.2) is 28.4 Å². The molecule has 5 nitrogen and oxygen atoms in total. The predicted octanol–water partition coefficient (Wildman–Crippen LogP) is 3.92. The van der Waals surface area contributed by atoms with Gasteiger partial charge in [0.15, 0.2) is 6.61 Å². The molecule has 0 saturated carbocycles. The zero-order valence-corrected chi connectivity index (χ0v) is 15.6. The van der Waals surface area contributed by atoms with Crippen molar-refractivity contribution in [2.45, 2.75) is 11.8 Å². The monoisotopic (exact) mass is 399 g/mol. The number of carbonyl (C=O) groups excluding carboxylic acids is 2. The molecule has 0 aliphatic heterocycles. The van der Waals surface area contributed by atoms with E-state index < -0.39 is 29.3 Å². The van der Waals surface area contributed by atoms with Gasteiger partial charge in [0.05, 0.1) is 32.0 Å². The van der Waals surface area contributed by atoms with Crippen molar-refractivity contribution in [1.29, 1.82) is 0 Å². The van der Waals surface area contributed by atoms with Crippen molar-refractivity contribution >= 4 is 51.6 Å². The second kappa shape index (κ2) is 8.99. The first-order valence-electron chi connectivity index (χ1n) is 7.31. The molecule has 0 heterocycles. The third kappa shape index (κ3) is 5.29. The van der Waals surface area contributed by atoms with E-state index in [0.29, 0.717) is 21.4 Å². The average molecular weight is 400 g/mol. The Morgan fingerprint density at radius 2 is 1.88 bits per heavy atom.